The van der Waals surface area contributed by atoms with Gasteiger partial charge in [0.15, 0.2) is 11.6 Å². The maximum Gasteiger partial charge on any atom is 0.273 e. The van der Waals surface area contributed by atoms with E-state index in [0.29, 0.717) is 42.4 Å². The van der Waals surface area contributed by atoms with Gasteiger partial charge in [0.25, 0.3) is 5.69 Å². The number of para-hydroxylation sites is 1. The predicted molar refractivity (Wildman–Crippen MR) is 109 cm³/mol. The average Bonchev–Trinajstić information content (AvgIpc) is 2.67. The largest absolute Gasteiger partial charge is 0.362 e. The van der Waals surface area contributed by atoms with Crippen LogP contribution in [-0.2, 0) is 9.59 Å². The molecule has 1 heterocycles. The molecule has 0 unspecified atom stereocenters. The Bertz CT molecular complexity index is 961. The number of nitrogens with zero attached hydrogens (tertiary/aromatic N) is 1. The van der Waals surface area contributed by atoms with Crippen LogP contribution in [0.3, 0.4) is 0 Å². The van der Waals surface area contributed by atoms with E-state index in [1.807, 2.05) is 27.7 Å². The summed E-state index contributed by atoms with van der Waals surface area (Å²) in [5, 5.41) is 15.2. The van der Waals surface area contributed by atoms with Gasteiger partial charge in [0.05, 0.1) is 10.8 Å². The number of allylic oxidation sites excluding steroid dienone is 4. The molecule has 0 aromatic heterocycles. The van der Waals surface area contributed by atoms with E-state index in [1.165, 1.54) is 6.07 Å². The second-order valence-electron chi connectivity index (χ2n) is 9.58. The van der Waals surface area contributed by atoms with Crippen LogP contribution in [0.5, 0.6) is 0 Å². The molecule has 1 N–H and O–H groups in total. The van der Waals surface area contributed by atoms with Crippen molar-refractivity contribution in [3.63, 3.8) is 0 Å². The third-order valence-corrected chi connectivity index (χ3v) is 6.69. The summed E-state index contributed by atoms with van der Waals surface area (Å²) in [4.78, 5) is 38.3. The van der Waals surface area contributed by atoms with Gasteiger partial charge >= 0.3 is 0 Å². The number of hydrogen-bond acceptors (Lipinski definition) is 5. The Morgan fingerprint density at radius 2 is 1.41 bits per heavy atom. The molecule has 3 aliphatic rings. The molecule has 0 fully saturated rings. The number of nitro benzene ring substituents is 1. The summed E-state index contributed by atoms with van der Waals surface area (Å²) in [5.74, 6) is -0.753. The van der Waals surface area contributed by atoms with E-state index < -0.39 is 21.7 Å². The van der Waals surface area contributed by atoms with Gasteiger partial charge in [-0.15, -0.1) is 0 Å². The van der Waals surface area contributed by atoms with E-state index >= 15 is 0 Å². The molecule has 0 bridgehead atoms. The number of hydrogen-bond donors (Lipinski definition) is 1. The molecule has 152 valence electrons. The van der Waals surface area contributed by atoms with Gasteiger partial charge in [0, 0.05) is 45.0 Å². The van der Waals surface area contributed by atoms with E-state index in [1.54, 1.807) is 18.2 Å². The minimum atomic E-state index is -0.693. The monoisotopic (exact) mass is 394 g/mol. The number of Topliss-reactive ketones (excluding diaryl/α,β-unsaturated/α-hetero) is 2. The number of carbonyl (C=O) groups is 2. The van der Waals surface area contributed by atoms with Gasteiger partial charge in [-0.2, -0.15) is 0 Å². The molecule has 29 heavy (non-hydrogen) atoms. The van der Waals surface area contributed by atoms with Crippen LogP contribution in [0.4, 0.5) is 5.69 Å². The number of carbonyl (C=O) groups excluding carboxylic acids is 2. The second kappa shape index (κ2) is 6.37. The smallest absolute Gasteiger partial charge is 0.273 e. The van der Waals surface area contributed by atoms with Crippen molar-refractivity contribution in [3.05, 3.63) is 62.5 Å². The topological polar surface area (TPSA) is 89.3 Å². The van der Waals surface area contributed by atoms with E-state index in [-0.39, 0.29) is 17.3 Å². The van der Waals surface area contributed by atoms with Crippen LogP contribution in [0.25, 0.3) is 0 Å². The Morgan fingerprint density at radius 1 is 0.931 bits per heavy atom. The summed E-state index contributed by atoms with van der Waals surface area (Å²) >= 11 is 0. The van der Waals surface area contributed by atoms with Crippen molar-refractivity contribution in [2.24, 2.45) is 10.8 Å². The van der Waals surface area contributed by atoms with Crippen molar-refractivity contribution >= 4 is 17.3 Å². The molecule has 6 nitrogen and oxygen atoms in total. The molecule has 0 spiro atoms. The lowest BCUT2D eigenvalue weighted by atomic mass is 9.62. The molecule has 0 atom stereocenters. The Morgan fingerprint density at radius 3 is 1.90 bits per heavy atom. The second-order valence-corrected chi connectivity index (χ2v) is 9.58. The molecule has 1 aromatic rings. The number of ketones is 2. The Hall–Kier alpha value is -2.76. The number of nitro groups is 1. The van der Waals surface area contributed by atoms with Crippen molar-refractivity contribution in [1.82, 2.24) is 5.32 Å². The van der Waals surface area contributed by atoms with Crippen LogP contribution in [0.2, 0.25) is 0 Å². The third kappa shape index (κ3) is 2.93. The van der Waals surface area contributed by atoms with Crippen molar-refractivity contribution in [2.45, 2.75) is 59.3 Å². The first-order chi connectivity index (χ1) is 13.5. The zero-order chi connectivity index (χ0) is 21.1. The Balaban J connectivity index is 2.00. The molecule has 0 radical (unpaired) electrons. The standard InChI is InChI=1S/C23H26N2O4/c1-22(2)11-9-14-18(20(22)26)17(13-7-5-6-8-16(13)25(28)29)19-15(24-14)10-12-23(3,4)21(19)27/h5-8,17,24H,9-12H2,1-4H3. The highest BCUT2D eigenvalue weighted by Crippen LogP contribution is 2.52. The van der Waals surface area contributed by atoms with Crippen LogP contribution in [0.15, 0.2) is 46.8 Å². The fraction of sp³-hybridized carbons (Fsp3) is 0.478. The van der Waals surface area contributed by atoms with E-state index in [4.69, 9.17) is 0 Å². The van der Waals surface area contributed by atoms with Crippen LogP contribution in [-0.4, -0.2) is 16.5 Å². The van der Waals surface area contributed by atoms with E-state index in [2.05, 4.69) is 5.32 Å². The lowest BCUT2D eigenvalue weighted by Crippen LogP contribution is -2.44. The first-order valence-electron chi connectivity index (χ1n) is 10.1. The molecule has 0 saturated heterocycles. The Kier molecular flexibility index (Phi) is 4.30. The predicted octanol–water partition coefficient (Wildman–Crippen LogP) is 4.57. The summed E-state index contributed by atoms with van der Waals surface area (Å²) < 4.78 is 0. The highest BCUT2D eigenvalue weighted by molar-refractivity contribution is 6.09. The van der Waals surface area contributed by atoms with Gasteiger partial charge in [0.1, 0.15) is 0 Å². The first kappa shape index (κ1) is 19.6. The van der Waals surface area contributed by atoms with Gasteiger partial charge in [-0.1, -0.05) is 45.9 Å². The molecule has 4 rings (SSSR count). The Labute approximate surface area is 170 Å². The number of dihydropyridines is 1. The van der Waals surface area contributed by atoms with Gasteiger partial charge < -0.3 is 5.32 Å². The molecule has 1 aromatic carbocycles. The normalized spacial score (nSPS) is 23.4. The zero-order valence-corrected chi connectivity index (χ0v) is 17.3. The van der Waals surface area contributed by atoms with Gasteiger partial charge in [-0.05, 0) is 25.7 Å². The zero-order valence-electron chi connectivity index (χ0n) is 17.3. The van der Waals surface area contributed by atoms with Crippen LogP contribution in [0, 0.1) is 20.9 Å². The van der Waals surface area contributed by atoms with Gasteiger partial charge in [0.2, 0.25) is 0 Å². The third-order valence-electron chi connectivity index (χ3n) is 6.69. The van der Waals surface area contributed by atoms with Crippen LogP contribution >= 0.6 is 0 Å². The number of rotatable bonds is 2. The first-order valence-corrected chi connectivity index (χ1v) is 10.1. The molecule has 1 aliphatic heterocycles. The van der Waals surface area contributed by atoms with Crippen molar-refractivity contribution in [3.8, 4) is 0 Å². The fourth-order valence-corrected chi connectivity index (χ4v) is 4.78. The maximum absolute atomic E-state index is 13.5. The van der Waals surface area contributed by atoms with Crippen LogP contribution < -0.4 is 5.32 Å². The van der Waals surface area contributed by atoms with Crippen molar-refractivity contribution in [1.29, 1.82) is 0 Å². The molecule has 0 saturated carbocycles. The highest BCUT2D eigenvalue weighted by Gasteiger charge is 2.49. The van der Waals surface area contributed by atoms with Crippen molar-refractivity contribution < 1.29 is 14.5 Å². The number of nitrogens with one attached hydrogen (secondary N) is 1. The lowest BCUT2D eigenvalue weighted by molar-refractivity contribution is -0.385. The number of benzene rings is 1. The summed E-state index contributed by atoms with van der Waals surface area (Å²) in [6.07, 6.45) is 2.81. The highest BCUT2D eigenvalue weighted by atomic mass is 16.6. The summed E-state index contributed by atoms with van der Waals surface area (Å²) in [5.41, 5.74) is 1.95. The lowest BCUT2D eigenvalue weighted by Gasteiger charge is -2.43. The minimum Gasteiger partial charge on any atom is -0.362 e. The summed E-state index contributed by atoms with van der Waals surface area (Å²) in [6, 6.07) is 6.50. The van der Waals surface area contributed by atoms with Crippen LogP contribution in [0.1, 0.15) is 64.9 Å². The average molecular weight is 394 g/mol. The van der Waals surface area contributed by atoms with Gasteiger partial charge in [-0.25, -0.2) is 0 Å². The molecule has 0 amide bonds. The minimum absolute atomic E-state index is 0.0304. The summed E-state index contributed by atoms with van der Waals surface area (Å²) in [7, 11) is 0. The molecule has 6 heteroatoms. The molecule has 2 aliphatic carbocycles. The fourth-order valence-electron chi connectivity index (χ4n) is 4.78. The van der Waals surface area contributed by atoms with Gasteiger partial charge in [-0.3, -0.25) is 19.7 Å². The SMILES string of the molecule is CC1(C)CCC2=C(C1=O)C(c1ccccc1[N+](=O)[O-])C1=C(CCC(C)(C)C1=O)N2. The molecular formula is C23H26N2O4. The van der Waals surface area contributed by atoms with Crippen molar-refractivity contribution in [2.75, 3.05) is 0 Å². The maximum atomic E-state index is 13.5. The van der Waals surface area contributed by atoms with E-state index in [9.17, 15) is 19.7 Å². The van der Waals surface area contributed by atoms with E-state index in [0.717, 1.165) is 11.4 Å². The summed E-state index contributed by atoms with van der Waals surface area (Å²) in [6.45, 7) is 7.64. The molecular weight excluding hydrogens is 368 g/mol. The quantitative estimate of drug-likeness (QED) is 0.586.